The lowest BCUT2D eigenvalue weighted by atomic mass is 10.2. The smallest absolute Gasteiger partial charge is 0.416 e. The van der Waals surface area contributed by atoms with Crippen LogP contribution in [0.4, 0.5) is 13.2 Å². The van der Waals surface area contributed by atoms with Crippen molar-refractivity contribution in [3.8, 4) is 11.4 Å². The maximum Gasteiger partial charge on any atom is 0.416 e. The van der Waals surface area contributed by atoms with E-state index in [0.717, 1.165) is 36.3 Å². The quantitative estimate of drug-likeness (QED) is 0.388. The molecule has 1 aliphatic rings. The van der Waals surface area contributed by atoms with Gasteiger partial charge in [-0.1, -0.05) is 18.2 Å². The van der Waals surface area contributed by atoms with Crippen molar-refractivity contribution in [3.05, 3.63) is 82.5 Å². The third kappa shape index (κ3) is 4.68. The number of alkyl halides is 3. The molecule has 1 fully saturated rings. The molecule has 0 saturated heterocycles. The summed E-state index contributed by atoms with van der Waals surface area (Å²) < 4.78 is 46.9. The number of hydrogen-bond acceptors (Lipinski definition) is 5. The number of methoxy groups -OCH3 is 1. The van der Waals surface area contributed by atoms with E-state index in [0.29, 0.717) is 6.54 Å². The number of ether oxygens (including phenoxy) is 1. The lowest BCUT2D eigenvalue weighted by Gasteiger charge is -2.23. The highest BCUT2D eigenvalue weighted by molar-refractivity contribution is 5.78. The van der Waals surface area contributed by atoms with E-state index in [9.17, 15) is 22.8 Å². The molecule has 0 radical (unpaired) electrons. The van der Waals surface area contributed by atoms with Gasteiger partial charge in [0.25, 0.3) is 5.56 Å². The van der Waals surface area contributed by atoms with Crippen LogP contribution in [-0.2, 0) is 24.1 Å². The zero-order valence-electron chi connectivity index (χ0n) is 19.3. The molecule has 0 spiro atoms. The molecule has 0 aliphatic heterocycles. The monoisotopic (exact) mass is 497 g/mol. The molecule has 1 aliphatic carbocycles. The molecular formula is C25H22F3N5O3. The molecule has 0 bridgehead atoms. The molecule has 5 rings (SSSR count). The summed E-state index contributed by atoms with van der Waals surface area (Å²) in [7, 11) is 1.58. The van der Waals surface area contributed by atoms with Crippen molar-refractivity contribution in [2.75, 3.05) is 7.11 Å². The normalized spacial score (nSPS) is 13.7. The van der Waals surface area contributed by atoms with Gasteiger partial charge in [0.15, 0.2) is 5.65 Å². The van der Waals surface area contributed by atoms with Crippen LogP contribution in [0.1, 0.15) is 24.0 Å². The van der Waals surface area contributed by atoms with Crippen LogP contribution in [0.3, 0.4) is 0 Å². The van der Waals surface area contributed by atoms with E-state index >= 15 is 0 Å². The van der Waals surface area contributed by atoms with E-state index in [2.05, 4.69) is 10.1 Å². The SMILES string of the molecule is COc1ccc(CN(C(=O)Cn2cnc3c(cnn3-c3cccc(C(F)(F)F)c3)c2=O)C2CC2)cc1. The Balaban J connectivity index is 1.39. The number of carbonyl (C=O) groups excluding carboxylic acids is 1. The average Bonchev–Trinajstić information content (AvgIpc) is 3.61. The molecule has 0 atom stereocenters. The summed E-state index contributed by atoms with van der Waals surface area (Å²) in [6.45, 7) is 0.203. The predicted octanol–water partition coefficient (Wildman–Crippen LogP) is 3.80. The fourth-order valence-corrected chi connectivity index (χ4v) is 4.04. The Morgan fingerprint density at radius 2 is 1.92 bits per heavy atom. The number of fused-ring (bicyclic) bond motifs is 1. The second-order valence-corrected chi connectivity index (χ2v) is 8.62. The molecule has 4 aromatic rings. The van der Waals surface area contributed by atoms with E-state index in [1.807, 2.05) is 24.3 Å². The molecule has 36 heavy (non-hydrogen) atoms. The highest BCUT2D eigenvalue weighted by Crippen LogP contribution is 2.31. The van der Waals surface area contributed by atoms with Gasteiger partial charge in [-0.15, -0.1) is 0 Å². The minimum Gasteiger partial charge on any atom is -0.497 e. The fraction of sp³-hybridized carbons (Fsp3) is 0.280. The number of benzene rings is 2. The van der Waals surface area contributed by atoms with Gasteiger partial charge >= 0.3 is 6.18 Å². The summed E-state index contributed by atoms with van der Waals surface area (Å²) in [6, 6.07) is 12.2. The maximum atomic E-state index is 13.2. The minimum absolute atomic E-state index is 0.107. The number of rotatable bonds is 7. The Morgan fingerprint density at radius 1 is 1.17 bits per heavy atom. The molecule has 8 nitrogen and oxygen atoms in total. The molecule has 2 heterocycles. The van der Waals surface area contributed by atoms with Crippen LogP contribution in [-0.4, -0.2) is 43.3 Å². The zero-order valence-corrected chi connectivity index (χ0v) is 19.3. The van der Waals surface area contributed by atoms with Gasteiger partial charge in [0.2, 0.25) is 5.91 Å². The molecule has 2 aromatic heterocycles. The van der Waals surface area contributed by atoms with Gasteiger partial charge in [-0.2, -0.15) is 18.3 Å². The molecule has 1 saturated carbocycles. The number of hydrogen-bond donors (Lipinski definition) is 0. The van der Waals surface area contributed by atoms with Crippen LogP contribution in [0.25, 0.3) is 16.7 Å². The largest absolute Gasteiger partial charge is 0.497 e. The molecule has 0 unspecified atom stereocenters. The van der Waals surface area contributed by atoms with Crippen molar-refractivity contribution in [2.24, 2.45) is 0 Å². The molecule has 186 valence electrons. The molecular weight excluding hydrogens is 475 g/mol. The summed E-state index contributed by atoms with van der Waals surface area (Å²) in [5.41, 5.74) is -0.147. The first-order valence-corrected chi connectivity index (χ1v) is 11.3. The van der Waals surface area contributed by atoms with Crippen LogP contribution < -0.4 is 10.3 Å². The summed E-state index contributed by atoms with van der Waals surface area (Å²) in [5.74, 6) is 0.501. The van der Waals surface area contributed by atoms with Crippen LogP contribution >= 0.6 is 0 Å². The van der Waals surface area contributed by atoms with Gasteiger partial charge in [-0.05, 0) is 48.7 Å². The van der Waals surface area contributed by atoms with Gasteiger partial charge in [-0.3, -0.25) is 14.2 Å². The van der Waals surface area contributed by atoms with Gasteiger partial charge in [-0.25, -0.2) is 9.67 Å². The van der Waals surface area contributed by atoms with Crippen molar-refractivity contribution in [3.63, 3.8) is 0 Å². The average molecular weight is 497 g/mol. The van der Waals surface area contributed by atoms with Gasteiger partial charge in [0.1, 0.15) is 24.0 Å². The number of nitrogens with zero attached hydrogens (tertiary/aromatic N) is 5. The Bertz CT molecular complexity index is 1470. The summed E-state index contributed by atoms with van der Waals surface area (Å²) in [5, 5.41) is 4.19. The van der Waals surface area contributed by atoms with E-state index in [1.54, 1.807) is 12.0 Å². The van der Waals surface area contributed by atoms with Crippen molar-refractivity contribution >= 4 is 16.9 Å². The maximum absolute atomic E-state index is 13.2. The molecule has 0 N–H and O–H groups in total. The first-order chi connectivity index (χ1) is 17.2. The summed E-state index contributed by atoms with van der Waals surface area (Å²) in [6.07, 6.45) is -0.233. The lowest BCUT2D eigenvalue weighted by molar-refractivity contribution is -0.137. The van der Waals surface area contributed by atoms with Gasteiger partial charge < -0.3 is 9.64 Å². The first kappa shape index (κ1) is 23.6. The highest BCUT2D eigenvalue weighted by atomic mass is 19.4. The first-order valence-electron chi connectivity index (χ1n) is 11.3. The van der Waals surface area contributed by atoms with Crippen molar-refractivity contribution in [1.29, 1.82) is 0 Å². The highest BCUT2D eigenvalue weighted by Gasteiger charge is 2.33. The van der Waals surface area contributed by atoms with E-state index in [-0.39, 0.29) is 35.2 Å². The van der Waals surface area contributed by atoms with E-state index < -0.39 is 17.3 Å². The standard InChI is InChI=1S/C25H22F3N5O3/c1-36-20-9-5-16(6-10-20)13-32(18-7-8-18)22(34)14-31-15-29-23-21(24(31)35)12-30-33(23)19-4-2-3-17(11-19)25(26,27)28/h2-6,9-12,15,18H,7-8,13-14H2,1H3. The number of carbonyl (C=O) groups is 1. The Morgan fingerprint density at radius 3 is 2.58 bits per heavy atom. The fourth-order valence-electron chi connectivity index (χ4n) is 4.04. The molecule has 1 amide bonds. The summed E-state index contributed by atoms with van der Waals surface area (Å²) >= 11 is 0. The van der Waals surface area contributed by atoms with Crippen LogP contribution in [0.15, 0.2) is 65.8 Å². The molecule has 2 aromatic carbocycles. The van der Waals surface area contributed by atoms with E-state index in [1.165, 1.54) is 33.9 Å². The minimum atomic E-state index is -4.52. The van der Waals surface area contributed by atoms with Crippen molar-refractivity contribution in [2.45, 2.75) is 38.1 Å². The zero-order chi connectivity index (χ0) is 25.4. The van der Waals surface area contributed by atoms with Crippen LogP contribution in [0.2, 0.25) is 0 Å². The number of halogens is 3. The van der Waals surface area contributed by atoms with Crippen LogP contribution in [0.5, 0.6) is 5.75 Å². The second-order valence-electron chi connectivity index (χ2n) is 8.62. The topological polar surface area (TPSA) is 82.2 Å². The van der Waals surface area contributed by atoms with Crippen molar-refractivity contribution in [1.82, 2.24) is 24.2 Å². The molecule has 11 heteroatoms. The number of aromatic nitrogens is 4. The van der Waals surface area contributed by atoms with Crippen molar-refractivity contribution < 1.29 is 22.7 Å². The van der Waals surface area contributed by atoms with Crippen LogP contribution in [0, 0.1) is 0 Å². The third-order valence-corrected chi connectivity index (χ3v) is 6.10. The summed E-state index contributed by atoms with van der Waals surface area (Å²) in [4.78, 5) is 32.2. The lowest BCUT2D eigenvalue weighted by Crippen LogP contribution is -2.37. The number of amides is 1. The third-order valence-electron chi connectivity index (χ3n) is 6.10. The van der Waals surface area contributed by atoms with Gasteiger partial charge in [0.05, 0.1) is 24.6 Å². The second kappa shape index (κ2) is 9.14. The Kier molecular flexibility index (Phi) is 5.99. The Hall–Kier alpha value is -4.15. The van der Waals surface area contributed by atoms with Gasteiger partial charge in [0, 0.05) is 12.6 Å². The van der Waals surface area contributed by atoms with E-state index in [4.69, 9.17) is 4.74 Å². The predicted molar refractivity (Wildman–Crippen MR) is 125 cm³/mol. The Labute approximate surface area is 203 Å².